The summed E-state index contributed by atoms with van der Waals surface area (Å²) in [5.74, 6) is -0.362. The third kappa shape index (κ3) is 2.11. The number of nitrogens with zero attached hydrogens (tertiary/aromatic N) is 2. The molecular formula is C12H10ClFN2O. The second-order valence-electron chi connectivity index (χ2n) is 3.98. The number of rotatable bonds is 2. The Labute approximate surface area is 103 Å². The van der Waals surface area contributed by atoms with Gasteiger partial charge in [-0.25, -0.2) is 4.39 Å². The molecule has 1 aliphatic heterocycles. The third-order valence-electron chi connectivity index (χ3n) is 2.81. The van der Waals surface area contributed by atoms with Gasteiger partial charge < -0.3 is 4.90 Å². The lowest BCUT2D eigenvalue weighted by Crippen LogP contribution is -2.25. The smallest absolute Gasteiger partial charge is 0.227 e. The average molecular weight is 253 g/mol. The highest BCUT2D eigenvalue weighted by atomic mass is 35.5. The average Bonchev–Trinajstić information content (AvgIpc) is 2.71. The van der Waals surface area contributed by atoms with Crippen molar-refractivity contribution >= 4 is 23.2 Å². The predicted molar refractivity (Wildman–Crippen MR) is 62.3 cm³/mol. The van der Waals surface area contributed by atoms with Gasteiger partial charge in [-0.3, -0.25) is 4.79 Å². The fourth-order valence-electron chi connectivity index (χ4n) is 1.93. The van der Waals surface area contributed by atoms with Crippen molar-refractivity contribution in [3.63, 3.8) is 0 Å². The van der Waals surface area contributed by atoms with Crippen LogP contribution in [-0.4, -0.2) is 18.3 Å². The maximum absolute atomic E-state index is 13.9. The van der Waals surface area contributed by atoms with Crippen molar-refractivity contribution < 1.29 is 9.18 Å². The zero-order valence-electron chi connectivity index (χ0n) is 8.99. The lowest BCUT2D eigenvalue weighted by Gasteiger charge is -2.17. The van der Waals surface area contributed by atoms with Crippen molar-refractivity contribution in [3.05, 3.63) is 29.6 Å². The van der Waals surface area contributed by atoms with E-state index in [1.165, 1.54) is 17.0 Å². The molecule has 1 saturated heterocycles. The summed E-state index contributed by atoms with van der Waals surface area (Å²) < 4.78 is 13.9. The van der Waals surface area contributed by atoms with Gasteiger partial charge >= 0.3 is 0 Å². The Morgan fingerprint density at radius 2 is 2.35 bits per heavy atom. The van der Waals surface area contributed by atoms with Crippen LogP contribution in [0.25, 0.3) is 0 Å². The second kappa shape index (κ2) is 4.72. The van der Waals surface area contributed by atoms with Crippen LogP contribution in [0.15, 0.2) is 18.2 Å². The molecule has 3 nitrogen and oxygen atoms in total. The molecule has 0 bridgehead atoms. The van der Waals surface area contributed by atoms with Crippen LogP contribution < -0.4 is 4.90 Å². The summed E-state index contributed by atoms with van der Waals surface area (Å²) in [4.78, 5) is 13.1. The van der Waals surface area contributed by atoms with E-state index in [1.54, 1.807) is 12.1 Å². The first-order valence-corrected chi connectivity index (χ1v) is 5.75. The summed E-state index contributed by atoms with van der Waals surface area (Å²) in [6.07, 6.45) is 0.333. The van der Waals surface area contributed by atoms with Crippen LogP contribution in [-0.2, 0) is 4.79 Å². The molecule has 0 N–H and O–H groups in total. The van der Waals surface area contributed by atoms with Gasteiger partial charge in [-0.05, 0) is 18.1 Å². The summed E-state index contributed by atoms with van der Waals surface area (Å²) in [7, 11) is 0. The highest BCUT2D eigenvalue weighted by Crippen LogP contribution is 2.29. The largest absolute Gasteiger partial charge is 0.309 e. The number of alkyl halides is 1. The molecule has 88 valence electrons. The number of benzene rings is 1. The van der Waals surface area contributed by atoms with Gasteiger partial charge in [0.1, 0.15) is 6.07 Å². The minimum atomic E-state index is -0.640. The number of carbonyl (C=O) groups excluding carboxylic acids is 1. The molecule has 1 unspecified atom stereocenters. The predicted octanol–water partition coefficient (Wildman–Crippen LogP) is 2.29. The van der Waals surface area contributed by atoms with Crippen LogP contribution in [0.1, 0.15) is 12.0 Å². The lowest BCUT2D eigenvalue weighted by atomic mass is 10.1. The van der Waals surface area contributed by atoms with E-state index in [-0.39, 0.29) is 23.1 Å². The van der Waals surface area contributed by atoms with Crippen molar-refractivity contribution in [2.45, 2.75) is 6.42 Å². The summed E-state index contributed by atoms with van der Waals surface area (Å²) in [6, 6.07) is 6.22. The zero-order chi connectivity index (χ0) is 12.4. The molecule has 1 aromatic rings. The molecule has 2 rings (SSSR count). The lowest BCUT2D eigenvalue weighted by molar-refractivity contribution is -0.117. The Morgan fingerprint density at radius 3 is 2.94 bits per heavy atom. The Kier molecular flexibility index (Phi) is 3.30. The Hall–Kier alpha value is -1.60. The fraction of sp³-hybridized carbons (Fsp3) is 0.333. The van der Waals surface area contributed by atoms with E-state index in [9.17, 15) is 9.18 Å². The van der Waals surface area contributed by atoms with E-state index in [1.807, 2.05) is 0 Å². The topological polar surface area (TPSA) is 44.1 Å². The summed E-state index contributed by atoms with van der Waals surface area (Å²) >= 11 is 5.70. The second-order valence-corrected chi connectivity index (χ2v) is 4.29. The van der Waals surface area contributed by atoms with E-state index in [2.05, 4.69) is 0 Å². The minimum absolute atomic E-state index is 0.0503. The van der Waals surface area contributed by atoms with E-state index >= 15 is 0 Å². The molecule has 1 heterocycles. The molecule has 0 spiro atoms. The van der Waals surface area contributed by atoms with E-state index in [0.29, 0.717) is 18.8 Å². The number of halogens is 2. The summed E-state index contributed by atoms with van der Waals surface area (Å²) in [5.41, 5.74) is 0.117. The van der Waals surface area contributed by atoms with Gasteiger partial charge in [0.25, 0.3) is 0 Å². The molecule has 0 aromatic heterocycles. The Bertz CT molecular complexity index is 498. The summed E-state index contributed by atoms with van der Waals surface area (Å²) in [6.45, 7) is 0.411. The molecule has 1 aliphatic rings. The number of hydrogen-bond acceptors (Lipinski definition) is 2. The highest BCUT2D eigenvalue weighted by Gasteiger charge is 2.31. The standard InChI is InChI=1S/C12H10ClFN2O/c13-5-8-4-11(17)16(7-8)10-3-1-2-9(6-15)12(10)14/h1-3,8H,4-5,7H2. The molecule has 1 atom stereocenters. The molecule has 5 heteroatoms. The molecule has 17 heavy (non-hydrogen) atoms. The minimum Gasteiger partial charge on any atom is -0.309 e. The quantitative estimate of drug-likeness (QED) is 0.758. The van der Waals surface area contributed by atoms with Crippen LogP contribution in [0.3, 0.4) is 0 Å². The molecule has 1 fully saturated rings. The fourth-order valence-corrected chi connectivity index (χ4v) is 2.14. The molecular weight excluding hydrogens is 243 g/mol. The van der Waals surface area contributed by atoms with E-state index in [4.69, 9.17) is 16.9 Å². The Morgan fingerprint density at radius 1 is 1.59 bits per heavy atom. The number of hydrogen-bond donors (Lipinski definition) is 0. The first kappa shape index (κ1) is 11.9. The van der Waals surface area contributed by atoms with Crippen molar-refractivity contribution in [1.29, 1.82) is 5.26 Å². The van der Waals surface area contributed by atoms with E-state index in [0.717, 1.165) is 0 Å². The van der Waals surface area contributed by atoms with Crippen molar-refractivity contribution in [3.8, 4) is 6.07 Å². The SMILES string of the molecule is N#Cc1cccc(N2CC(CCl)CC2=O)c1F. The van der Waals surface area contributed by atoms with Gasteiger partial charge in [-0.1, -0.05) is 6.07 Å². The Balaban J connectivity index is 2.36. The van der Waals surface area contributed by atoms with Crippen LogP contribution in [0.4, 0.5) is 10.1 Å². The molecule has 0 aliphatic carbocycles. The first-order valence-electron chi connectivity index (χ1n) is 5.22. The van der Waals surface area contributed by atoms with Crippen LogP contribution in [0.2, 0.25) is 0 Å². The van der Waals surface area contributed by atoms with E-state index < -0.39 is 5.82 Å². The molecule has 0 saturated carbocycles. The molecule has 1 amide bonds. The number of amides is 1. The molecule has 0 radical (unpaired) electrons. The van der Waals surface area contributed by atoms with Gasteiger partial charge in [-0.15, -0.1) is 11.6 Å². The van der Waals surface area contributed by atoms with Crippen molar-refractivity contribution in [1.82, 2.24) is 0 Å². The monoisotopic (exact) mass is 252 g/mol. The third-order valence-corrected chi connectivity index (χ3v) is 3.25. The normalized spacial score (nSPS) is 19.5. The highest BCUT2D eigenvalue weighted by molar-refractivity contribution is 6.18. The molecule has 1 aromatic carbocycles. The van der Waals surface area contributed by atoms with Crippen molar-refractivity contribution in [2.24, 2.45) is 5.92 Å². The number of carbonyl (C=O) groups is 1. The van der Waals surface area contributed by atoms with Gasteiger partial charge in [0.05, 0.1) is 11.3 Å². The maximum Gasteiger partial charge on any atom is 0.227 e. The van der Waals surface area contributed by atoms with Gasteiger partial charge in [0.15, 0.2) is 5.82 Å². The first-order chi connectivity index (χ1) is 8.17. The maximum atomic E-state index is 13.9. The van der Waals surface area contributed by atoms with Gasteiger partial charge in [0, 0.05) is 18.8 Å². The zero-order valence-corrected chi connectivity index (χ0v) is 9.75. The number of nitriles is 1. The van der Waals surface area contributed by atoms with Crippen LogP contribution in [0.5, 0.6) is 0 Å². The van der Waals surface area contributed by atoms with Crippen LogP contribution in [0, 0.1) is 23.1 Å². The van der Waals surface area contributed by atoms with Crippen molar-refractivity contribution in [2.75, 3.05) is 17.3 Å². The summed E-state index contributed by atoms with van der Waals surface area (Å²) in [5, 5.41) is 8.74. The van der Waals surface area contributed by atoms with Crippen LogP contribution >= 0.6 is 11.6 Å². The van der Waals surface area contributed by atoms with Gasteiger partial charge in [-0.2, -0.15) is 5.26 Å². The number of anilines is 1. The van der Waals surface area contributed by atoms with Gasteiger partial charge in [0.2, 0.25) is 5.91 Å².